The Kier molecular flexibility index (Phi) is 5.06. The van der Waals surface area contributed by atoms with Gasteiger partial charge in [-0.2, -0.15) is 10.2 Å². The molecule has 6 nitrogen and oxygen atoms in total. The molecule has 0 aliphatic heterocycles. The minimum atomic E-state index is 0.139. The van der Waals surface area contributed by atoms with Crippen LogP contribution in [0.15, 0.2) is 10.2 Å². The summed E-state index contributed by atoms with van der Waals surface area (Å²) in [5.74, 6) is 0. The van der Waals surface area contributed by atoms with Gasteiger partial charge < -0.3 is 11.5 Å². The van der Waals surface area contributed by atoms with Crippen LogP contribution in [0.1, 0.15) is 25.7 Å². The molecule has 6 N–H and O–H groups in total. The van der Waals surface area contributed by atoms with Gasteiger partial charge >= 0.3 is 0 Å². The van der Waals surface area contributed by atoms with Gasteiger partial charge in [0, 0.05) is 0 Å². The van der Waals surface area contributed by atoms with Crippen molar-refractivity contribution in [2.45, 2.75) is 25.7 Å². The van der Waals surface area contributed by atoms with E-state index in [1.807, 2.05) is 0 Å². The standard InChI is InChI=1S/C8H14N6S2/c9-7(15)13-11-5-3-1-2-4-6(5)12-14-8(10)16/h1-4H2,(H3,9,13,15)(H3,10,14,16)/b11-5-,12-6+. The molecule has 0 amide bonds. The lowest BCUT2D eigenvalue weighted by Gasteiger charge is -2.15. The van der Waals surface area contributed by atoms with Crippen molar-refractivity contribution >= 4 is 46.1 Å². The average Bonchev–Trinajstić information content (AvgIpc) is 2.24. The van der Waals surface area contributed by atoms with Gasteiger partial charge in [0.2, 0.25) is 0 Å². The zero-order chi connectivity index (χ0) is 12.0. The van der Waals surface area contributed by atoms with Crippen molar-refractivity contribution in [2.24, 2.45) is 21.7 Å². The Morgan fingerprint density at radius 2 is 1.31 bits per heavy atom. The van der Waals surface area contributed by atoms with Crippen LogP contribution < -0.4 is 22.3 Å². The molecule has 1 aliphatic carbocycles. The Labute approximate surface area is 105 Å². The Morgan fingerprint density at radius 1 is 0.938 bits per heavy atom. The topological polar surface area (TPSA) is 101 Å². The van der Waals surface area contributed by atoms with E-state index in [2.05, 4.69) is 45.5 Å². The highest BCUT2D eigenvalue weighted by molar-refractivity contribution is 7.80. The number of hydrogen-bond donors (Lipinski definition) is 4. The lowest BCUT2D eigenvalue weighted by Crippen LogP contribution is -2.31. The Hall–Kier alpha value is -1.28. The maximum atomic E-state index is 5.29. The summed E-state index contributed by atoms with van der Waals surface area (Å²) >= 11 is 9.34. The summed E-state index contributed by atoms with van der Waals surface area (Å²) in [6.07, 6.45) is 3.83. The van der Waals surface area contributed by atoms with Crippen molar-refractivity contribution < 1.29 is 0 Å². The third kappa shape index (κ3) is 4.49. The monoisotopic (exact) mass is 258 g/mol. The highest BCUT2D eigenvalue weighted by Crippen LogP contribution is 2.12. The van der Waals surface area contributed by atoms with Gasteiger partial charge in [-0.05, 0) is 50.1 Å². The fraction of sp³-hybridized carbons (Fsp3) is 0.500. The molecule has 0 unspecified atom stereocenters. The first-order valence-electron chi connectivity index (χ1n) is 4.84. The zero-order valence-corrected chi connectivity index (χ0v) is 10.3. The minimum absolute atomic E-state index is 0.139. The minimum Gasteiger partial charge on any atom is -0.375 e. The summed E-state index contributed by atoms with van der Waals surface area (Å²) < 4.78 is 0. The van der Waals surface area contributed by atoms with Gasteiger partial charge in [0.1, 0.15) is 0 Å². The Bertz CT molecular complexity index is 314. The maximum absolute atomic E-state index is 5.29. The summed E-state index contributed by atoms with van der Waals surface area (Å²) in [5, 5.41) is 8.45. The van der Waals surface area contributed by atoms with Gasteiger partial charge in [0.25, 0.3) is 0 Å². The zero-order valence-electron chi connectivity index (χ0n) is 8.69. The van der Waals surface area contributed by atoms with E-state index in [-0.39, 0.29) is 10.2 Å². The largest absolute Gasteiger partial charge is 0.375 e. The second kappa shape index (κ2) is 6.33. The van der Waals surface area contributed by atoms with Gasteiger partial charge in [0.15, 0.2) is 10.2 Å². The molecule has 0 bridgehead atoms. The second-order valence-electron chi connectivity index (χ2n) is 3.28. The van der Waals surface area contributed by atoms with Crippen molar-refractivity contribution in [3.05, 3.63) is 0 Å². The molecule has 8 heteroatoms. The van der Waals surface area contributed by atoms with Gasteiger partial charge in [-0.25, -0.2) is 0 Å². The Balaban J connectivity index is 2.70. The van der Waals surface area contributed by atoms with Gasteiger partial charge in [-0.1, -0.05) is 0 Å². The van der Waals surface area contributed by atoms with Crippen LogP contribution in [0.4, 0.5) is 0 Å². The van der Waals surface area contributed by atoms with Crippen molar-refractivity contribution in [2.75, 3.05) is 0 Å². The SMILES string of the molecule is NC(=S)N/N=C1/CCCC/C1=N\NC(N)=S. The summed E-state index contributed by atoms with van der Waals surface area (Å²) in [5.41, 5.74) is 17.4. The fourth-order valence-corrected chi connectivity index (χ4v) is 1.45. The molecule has 1 aliphatic rings. The summed E-state index contributed by atoms with van der Waals surface area (Å²) in [4.78, 5) is 0. The first-order valence-corrected chi connectivity index (χ1v) is 5.65. The third-order valence-electron chi connectivity index (χ3n) is 2.01. The van der Waals surface area contributed by atoms with Crippen molar-refractivity contribution in [3.63, 3.8) is 0 Å². The molecule has 0 heterocycles. The first kappa shape index (κ1) is 12.8. The Morgan fingerprint density at radius 3 is 1.62 bits per heavy atom. The first-order chi connectivity index (χ1) is 7.59. The van der Waals surface area contributed by atoms with Gasteiger partial charge in [0.05, 0.1) is 11.4 Å². The van der Waals surface area contributed by atoms with Gasteiger partial charge in [-0.3, -0.25) is 10.9 Å². The van der Waals surface area contributed by atoms with Crippen LogP contribution in [0.2, 0.25) is 0 Å². The third-order valence-corrected chi connectivity index (χ3v) is 2.19. The quantitative estimate of drug-likeness (QED) is 0.409. The predicted octanol–water partition coefficient (Wildman–Crippen LogP) is -0.0612. The smallest absolute Gasteiger partial charge is 0.184 e. The molecule has 16 heavy (non-hydrogen) atoms. The van der Waals surface area contributed by atoms with E-state index in [0.717, 1.165) is 37.1 Å². The van der Waals surface area contributed by atoms with Crippen LogP contribution >= 0.6 is 24.4 Å². The predicted molar refractivity (Wildman–Crippen MR) is 73.2 cm³/mol. The van der Waals surface area contributed by atoms with E-state index < -0.39 is 0 Å². The molecule has 0 aromatic carbocycles. The fourth-order valence-electron chi connectivity index (χ4n) is 1.36. The van der Waals surface area contributed by atoms with E-state index in [1.54, 1.807) is 0 Å². The number of nitrogens with one attached hydrogen (secondary N) is 2. The number of thiocarbonyl (C=S) groups is 2. The number of hydrogen-bond acceptors (Lipinski definition) is 4. The number of hydrazone groups is 2. The molecule has 0 aromatic rings. The molecule has 0 aromatic heterocycles. The number of rotatable bonds is 2. The van der Waals surface area contributed by atoms with E-state index in [4.69, 9.17) is 11.5 Å². The van der Waals surface area contributed by atoms with E-state index in [1.165, 1.54) is 0 Å². The summed E-state index contributed by atoms with van der Waals surface area (Å²) in [7, 11) is 0. The number of nitrogens with zero attached hydrogens (tertiary/aromatic N) is 2. The molecule has 0 saturated heterocycles. The maximum Gasteiger partial charge on any atom is 0.184 e. The van der Waals surface area contributed by atoms with Crippen molar-refractivity contribution in [1.82, 2.24) is 10.9 Å². The van der Waals surface area contributed by atoms with E-state index in [9.17, 15) is 0 Å². The highest BCUT2D eigenvalue weighted by atomic mass is 32.1. The molecular weight excluding hydrogens is 244 g/mol. The van der Waals surface area contributed by atoms with Gasteiger partial charge in [-0.15, -0.1) is 0 Å². The highest BCUT2D eigenvalue weighted by Gasteiger charge is 2.15. The molecular formula is C8H14N6S2. The summed E-state index contributed by atoms with van der Waals surface area (Å²) in [6.45, 7) is 0. The van der Waals surface area contributed by atoms with Crippen molar-refractivity contribution in [3.8, 4) is 0 Å². The number of nitrogens with two attached hydrogens (primary N) is 2. The molecule has 1 saturated carbocycles. The van der Waals surface area contributed by atoms with E-state index in [0.29, 0.717) is 0 Å². The molecule has 88 valence electrons. The molecule has 1 rings (SSSR count). The second-order valence-corrected chi connectivity index (χ2v) is 4.16. The normalized spacial score (nSPS) is 20.8. The molecule has 0 radical (unpaired) electrons. The van der Waals surface area contributed by atoms with Crippen LogP contribution in [-0.4, -0.2) is 21.6 Å². The summed E-state index contributed by atoms with van der Waals surface area (Å²) in [6, 6.07) is 0. The van der Waals surface area contributed by atoms with Crippen molar-refractivity contribution in [1.29, 1.82) is 0 Å². The van der Waals surface area contributed by atoms with Crippen LogP contribution in [0.3, 0.4) is 0 Å². The van der Waals surface area contributed by atoms with E-state index >= 15 is 0 Å². The average molecular weight is 258 g/mol. The lowest BCUT2D eigenvalue weighted by atomic mass is 9.96. The molecule has 0 atom stereocenters. The molecule has 0 spiro atoms. The van der Waals surface area contributed by atoms with Crippen LogP contribution in [-0.2, 0) is 0 Å². The van der Waals surface area contributed by atoms with Crippen LogP contribution in [0.5, 0.6) is 0 Å². The lowest BCUT2D eigenvalue weighted by molar-refractivity contribution is 0.765. The van der Waals surface area contributed by atoms with Crippen LogP contribution in [0, 0.1) is 0 Å². The van der Waals surface area contributed by atoms with Crippen LogP contribution in [0.25, 0.3) is 0 Å². The molecule has 1 fully saturated rings.